The minimum absolute atomic E-state index is 0.144. The number of hydrogen-bond donors (Lipinski definition) is 1. The van der Waals surface area contributed by atoms with Gasteiger partial charge in [-0.25, -0.2) is 0 Å². The molecule has 2 aliphatic rings. The molecule has 0 aromatic rings. The molecule has 0 spiro atoms. The van der Waals surface area contributed by atoms with Crippen molar-refractivity contribution in [2.45, 2.75) is 31.7 Å². The number of nitrogens with zero attached hydrogens (tertiary/aromatic N) is 1. The fourth-order valence-electron chi connectivity index (χ4n) is 1.71. The van der Waals surface area contributed by atoms with Crippen molar-refractivity contribution < 1.29 is 4.79 Å². The Morgan fingerprint density at radius 2 is 2.25 bits per heavy atom. The van der Waals surface area contributed by atoms with E-state index < -0.39 is 0 Å². The van der Waals surface area contributed by atoms with Gasteiger partial charge in [0.05, 0.1) is 0 Å². The van der Waals surface area contributed by atoms with Crippen molar-refractivity contribution in [3.8, 4) is 0 Å². The first kappa shape index (κ1) is 8.05. The Morgan fingerprint density at radius 3 is 2.75 bits per heavy atom. The average molecular weight is 168 g/mol. The lowest BCUT2D eigenvalue weighted by molar-refractivity contribution is -0.142. The first-order chi connectivity index (χ1) is 5.77. The van der Waals surface area contributed by atoms with Crippen molar-refractivity contribution in [1.82, 2.24) is 4.90 Å². The van der Waals surface area contributed by atoms with Gasteiger partial charge in [-0.1, -0.05) is 12.8 Å². The van der Waals surface area contributed by atoms with Gasteiger partial charge in [-0.15, -0.1) is 0 Å². The molecule has 3 heteroatoms. The molecule has 0 radical (unpaired) electrons. The molecule has 0 aromatic carbocycles. The van der Waals surface area contributed by atoms with Gasteiger partial charge in [0.1, 0.15) is 6.04 Å². The molecule has 1 saturated heterocycles. The third kappa shape index (κ3) is 1.61. The maximum atomic E-state index is 11.1. The van der Waals surface area contributed by atoms with Crippen LogP contribution in [0.5, 0.6) is 0 Å². The highest BCUT2D eigenvalue weighted by Gasteiger charge is 2.32. The Bertz CT molecular complexity index is 189. The van der Waals surface area contributed by atoms with Crippen LogP contribution in [-0.4, -0.2) is 29.9 Å². The Morgan fingerprint density at radius 1 is 1.50 bits per heavy atom. The molecule has 1 unspecified atom stereocenters. The molecule has 12 heavy (non-hydrogen) atoms. The van der Waals surface area contributed by atoms with Crippen LogP contribution in [0.25, 0.3) is 0 Å². The number of amides is 1. The van der Waals surface area contributed by atoms with Crippen LogP contribution in [0.15, 0.2) is 0 Å². The normalized spacial score (nSPS) is 28.9. The summed E-state index contributed by atoms with van der Waals surface area (Å²) in [5.41, 5.74) is 5.47. The Hall–Kier alpha value is -0.570. The fourth-order valence-corrected chi connectivity index (χ4v) is 1.71. The molecule has 1 aliphatic heterocycles. The molecule has 68 valence electrons. The lowest BCUT2D eigenvalue weighted by Crippen LogP contribution is -2.60. The molecular formula is C9H16N2O. The van der Waals surface area contributed by atoms with Gasteiger partial charge < -0.3 is 10.6 Å². The largest absolute Gasteiger partial charge is 0.339 e. The van der Waals surface area contributed by atoms with E-state index in [2.05, 4.69) is 0 Å². The molecule has 0 aromatic heterocycles. The minimum Gasteiger partial charge on any atom is -0.339 e. The Balaban J connectivity index is 1.58. The predicted molar refractivity (Wildman–Crippen MR) is 46.5 cm³/mol. The number of β-lactam (4-membered cyclic amide) rings is 1. The van der Waals surface area contributed by atoms with Crippen LogP contribution in [0.1, 0.15) is 25.7 Å². The van der Waals surface area contributed by atoms with Crippen molar-refractivity contribution in [3.63, 3.8) is 0 Å². The van der Waals surface area contributed by atoms with E-state index in [4.69, 9.17) is 5.73 Å². The average Bonchev–Trinajstić information content (AvgIpc) is 2.86. The molecule has 1 atom stereocenters. The van der Waals surface area contributed by atoms with Gasteiger partial charge in [-0.3, -0.25) is 4.79 Å². The lowest BCUT2D eigenvalue weighted by atomic mass is 10.1. The second-order valence-corrected chi connectivity index (χ2v) is 3.98. The lowest BCUT2D eigenvalue weighted by Gasteiger charge is -2.36. The van der Waals surface area contributed by atoms with Gasteiger partial charge in [0.25, 0.3) is 0 Å². The Kier molecular flexibility index (Phi) is 2.05. The molecule has 2 rings (SSSR count). The van der Waals surface area contributed by atoms with E-state index in [0.717, 1.165) is 19.0 Å². The van der Waals surface area contributed by atoms with Gasteiger partial charge >= 0.3 is 0 Å². The first-order valence-corrected chi connectivity index (χ1v) is 4.82. The molecule has 0 bridgehead atoms. The third-order valence-electron chi connectivity index (χ3n) is 2.78. The summed E-state index contributed by atoms with van der Waals surface area (Å²) in [6, 6.07) is -0.189. The minimum atomic E-state index is -0.189. The summed E-state index contributed by atoms with van der Waals surface area (Å²) in [7, 11) is 0. The topological polar surface area (TPSA) is 46.3 Å². The molecular weight excluding hydrogens is 152 g/mol. The second-order valence-electron chi connectivity index (χ2n) is 3.98. The van der Waals surface area contributed by atoms with Gasteiger partial charge in [0.2, 0.25) is 5.91 Å². The van der Waals surface area contributed by atoms with Crippen molar-refractivity contribution >= 4 is 5.91 Å². The van der Waals surface area contributed by atoms with Crippen LogP contribution in [-0.2, 0) is 4.79 Å². The standard InChI is InChI=1S/C9H16N2O/c10-8-6-11(9(8)12)5-1-2-7-3-4-7/h7-8H,1-6,10H2. The van der Waals surface area contributed by atoms with E-state index in [9.17, 15) is 4.79 Å². The molecule has 1 amide bonds. The first-order valence-electron chi connectivity index (χ1n) is 4.82. The van der Waals surface area contributed by atoms with Crippen LogP contribution in [0.2, 0.25) is 0 Å². The number of carbonyl (C=O) groups excluding carboxylic acids is 1. The summed E-state index contributed by atoms with van der Waals surface area (Å²) in [5, 5.41) is 0. The SMILES string of the molecule is NC1CN(CCCC2CC2)C1=O. The molecule has 1 heterocycles. The van der Waals surface area contributed by atoms with Crippen molar-refractivity contribution in [2.75, 3.05) is 13.1 Å². The van der Waals surface area contributed by atoms with Gasteiger partial charge in [0.15, 0.2) is 0 Å². The van der Waals surface area contributed by atoms with Gasteiger partial charge in [0, 0.05) is 13.1 Å². The number of nitrogens with two attached hydrogens (primary N) is 1. The number of likely N-dealkylation sites (tertiary alicyclic amines) is 1. The summed E-state index contributed by atoms with van der Waals surface area (Å²) in [4.78, 5) is 12.9. The van der Waals surface area contributed by atoms with Crippen molar-refractivity contribution in [2.24, 2.45) is 11.7 Å². The van der Waals surface area contributed by atoms with E-state index >= 15 is 0 Å². The summed E-state index contributed by atoms with van der Waals surface area (Å²) in [6.07, 6.45) is 5.29. The summed E-state index contributed by atoms with van der Waals surface area (Å²) < 4.78 is 0. The van der Waals surface area contributed by atoms with Crippen LogP contribution >= 0.6 is 0 Å². The smallest absolute Gasteiger partial charge is 0.241 e. The summed E-state index contributed by atoms with van der Waals surface area (Å²) in [6.45, 7) is 1.71. The van der Waals surface area contributed by atoms with Crippen molar-refractivity contribution in [3.05, 3.63) is 0 Å². The monoisotopic (exact) mass is 168 g/mol. The number of rotatable bonds is 4. The zero-order chi connectivity index (χ0) is 8.55. The zero-order valence-electron chi connectivity index (χ0n) is 7.33. The van der Waals surface area contributed by atoms with Gasteiger partial charge in [-0.2, -0.15) is 0 Å². The fraction of sp³-hybridized carbons (Fsp3) is 0.889. The Labute approximate surface area is 72.9 Å². The summed E-state index contributed by atoms with van der Waals surface area (Å²) in [5.74, 6) is 1.13. The van der Waals surface area contributed by atoms with Crippen LogP contribution in [0, 0.1) is 5.92 Å². The highest BCUT2D eigenvalue weighted by Crippen LogP contribution is 2.33. The molecule has 3 nitrogen and oxygen atoms in total. The van der Waals surface area contributed by atoms with Gasteiger partial charge in [-0.05, 0) is 18.8 Å². The number of carbonyl (C=O) groups is 1. The van der Waals surface area contributed by atoms with Crippen LogP contribution in [0.3, 0.4) is 0 Å². The van der Waals surface area contributed by atoms with Crippen molar-refractivity contribution in [1.29, 1.82) is 0 Å². The van der Waals surface area contributed by atoms with Crippen LogP contribution < -0.4 is 5.73 Å². The highest BCUT2D eigenvalue weighted by atomic mass is 16.2. The van der Waals surface area contributed by atoms with E-state index in [1.807, 2.05) is 4.90 Å². The molecule has 2 fully saturated rings. The van der Waals surface area contributed by atoms with E-state index in [-0.39, 0.29) is 11.9 Å². The maximum absolute atomic E-state index is 11.1. The quantitative estimate of drug-likeness (QED) is 0.615. The number of hydrogen-bond acceptors (Lipinski definition) is 2. The second kappa shape index (κ2) is 3.05. The zero-order valence-corrected chi connectivity index (χ0v) is 7.33. The van der Waals surface area contributed by atoms with Crippen LogP contribution in [0.4, 0.5) is 0 Å². The summed E-state index contributed by atoms with van der Waals surface area (Å²) >= 11 is 0. The van der Waals surface area contributed by atoms with E-state index in [1.54, 1.807) is 0 Å². The molecule has 1 saturated carbocycles. The maximum Gasteiger partial charge on any atom is 0.241 e. The van der Waals surface area contributed by atoms with E-state index in [0.29, 0.717) is 0 Å². The molecule has 2 N–H and O–H groups in total. The molecule has 1 aliphatic carbocycles. The predicted octanol–water partition coefficient (Wildman–Crippen LogP) is 0.346. The third-order valence-corrected chi connectivity index (χ3v) is 2.78. The highest BCUT2D eigenvalue weighted by molar-refractivity contribution is 5.87. The van der Waals surface area contributed by atoms with E-state index in [1.165, 1.54) is 25.7 Å².